The third-order valence-electron chi connectivity index (χ3n) is 5.07. The second kappa shape index (κ2) is 8.15. The predicted octanol–water partition coefficient (Wildman–Crippen LogP) is 5.63. The second-order valence-electron chi connectivity index (χ2n) is 6.92. The van der Waals surface area contributed by atoms with Crippen LogP contribution in [-0.4, -0.2) is 19.1 Å². The van der Waals surface area contributed by atoms with Crippen LogP contribution in [0.25, 0.3) is 0 Å². The molecule has 1 unspecified atom stereocenters. The second-order valence-corrected chi connectivity index (χ2v) is 7.79. The number of carbonyl (C=O) groups excluding carboxylic acids is 1. The first-order valence-electron chi connectivity index (χ1n) is 9.20. The molecule has 3 aromatic carbocycles. The Hall–Kier alpha value is -2.40. The monoisotopic (exact) mass is 429 g/mol. The Morgan fingerprint density at radius 1 is 0.897 bits per heavy atom. The standard InChI is InChI=1S/C23H18Cl2FNO2/c24-18-5-3-17(4-6-18)23(15-16-1-9-20(26)10-2-16)22(28)27(13-14-29-23)21-11-7-19(25)8-12-21/h1-12H,13-15H2. The first-order valence-corrected chi connectivity index (χ1v) is 9.95. The summed E-state index contributed by atoms with van der Waals surface area (Å²) in [6, 6.07) is 20.3. The summed E-state index contributed by atoms with van der Waals surface area (Å²) in [7, 11) is 0. The maximum absolute atomic E-state index is 13.8. The number of carbonyl (C=O) groups is 1. The number of morpholine rings is 1. The van der Waals surface area contributed by atoms with E-state index in [1.54, 1.807) is 53.4 Å². The molecule has 0 saturated carbocycles. The van der Waals surface area contributed by atoms with E-state index in [9.17, 15) is 9.18 Å². The smallest absolute Gasteiger partial charge is 0.264 e. The number of benzene rings is 3. The highest BCUT2D eigenvalue weighted by molar-refractivity contribution is 6.31. The maximum atomic E-state index is 13.8. The highest BCUT2D eigenvalue weighted by Crippen LogP contribution is 2.37. The van der Waals surface area contributed by atoms with Crippen molar-refractivity contribution in [3.8, 4) is 0 Å². The first kappa shape index (κ1) is 19.9. The summed E-state index contributed by atoms with van der Waals surface area (Å²) >= 11 is 12.1. The van der Waals surface area contributed by atoms with E-state index in [4.69, 9.17) is 27.9 Å². The minimum Gasteiger partial charge on any atom is -0.358 e. The van der Waals surface area contributed by atoms with Crippen LogP contribution in [0.2, 0.25) is 10.0 Å². The molecule has 148 valence electrons. The van der Waals surface area contributed by atoms with E-state index >= 15 is 0 Å². The van der Waals surface area contributed by atoms with Gasteiger partial charge in [-0.3, -0.25) is 4.79 Å². The van der Waals surface area contributed by atoms with Crippen LogP contribution in [0.4, 0.5) is 10.1 Å². The third-order valence-corrected chi connectivity index (χ3v) is 5.57. The Bertz CT molecular complexity index is 1010. The van der Waals surface area contributed by atoms with Crippen LogP contribution in [-0.2, 0) is 21.6 Å². The number of amides is 1. The van der Waals surface area contributed by atoms with E-state index in [1.165, 1.54) is 12.1 Å². The molecule has 0 spiro atoms. The quantitative estimate of drug-likeness (QED) is 0.537. The predicted molar refractivity (Wildman–Crippen MR) is 113 cm³/mol. The van der Waals surface area contributed by atoms with Crippen molar-refractivity contribution in [2.75, 3.05) is 18.1 Å². The summed E-state index contributed by atoms with van der Waals surface area (Å²) in [6.45, 7) is 0.789. The van der Waals surface area contributed by atoms with Crippen LogP contribution >= 0.6 is 23.2 Å². The van der Waals surface area contributed by atoms with Gasteiger partial charge in [-0.2, -0.15) is 0 Å². The molecule has 1 saturated heterocycles. The molecular formula is C23H18Cl2FNO2. The van der Waals surface area contributed by atoms with Gasteiger partial charge in [0.1, 0.15) is 5.82 Å². The number of halogens is 3. The Morgan fingerprint density at radius 2 is 1.48 bits per heavy atom. The molecule has 1 heterocycles. The van der Waals surface area contributed by atoms with Gasteiger partial charge in [0.25, 0.3) is 5.91 Å². The van der Waals surface area contributed by atoms with Crippen LogP contribution in [0, 0.1) is 5.82 Å². The Morgan fingerprint density at radius 3 is 2.10 bits per heavy atom. The fourth-order valence-electron chi connectivity index (χ4n) is 3.60. The minimum absolute atomic E-state index is 0.183. The van der Waals surface area contributed by atoms with E-state index in [1.807, 2.05) is 12.1 Å². The van der Waals surface area contributed by atoms with E-state index in [-0.39, 0.29) is 18.1 Å². The number of nitrogens with zero attached hydrogens (tertiary/aromatic N) is 1. The third kappa shape index (κ3) is 4.01. The zero-order valence-electron chi connectivity index (χ0n) is 15.4. The van der Waals surface area contributed by atoms with Crippen LogP contribution in [0.15, 0.2) is 72.8 Å². The molecule has 0 aromatic heterocycles. The van der Waals surface area contributed by atoms with E-state index in [2.05, 4.69) is 0 Å². The molecule has 29 heavy (non-hydrogen) atoms. The van der Waals surface area contributed by atoms with Gasteiger partial charge in [0, 0.05) is 28.7 Å². The van der Waals surface area contributed by atoms with Gasteiger partial charge < -0.3 is 9.64 Å². The van der Waals surface area contributed by atoms with Crippen LogP contribution in [0.3, 0.4) is 0 Å². The lowest BCUT2D eigenvalue weighted by Crippen LogP contribution is -2.56. The summed E-state index contributed by atoms with van der Waals surface area (Å²) in [4.78, 5) is 15.5. The molecule has 1 fully saturated rings. The SMILES string of the molecule is O=C1N(c2ccc(Cl)cc2)CCOC1(Cc1ccc(F)cc1)c1ccc(Cl)cc1. The van der Waals surface area contributed by atoms with Crippen molar-refractivity contribution in [3.63, 3.8) is 0 Å². The number of ether oxygens (including phenoxy) is 1. The highest BCUT2D eigenvalue weighted by Gasteiger charge is 2.47. The van der Waals surface area contributed by atoms with Crippen molar-refractivity contribution in [2.24, 2.45) is 0 Å². The number of anilines is 1. The summed E-state index contributed by atoms with van der Waals surface area (Å²) in [5, 5.41) is 1.17. The molecule has 0 N–H and O–H groups in total. The Balaban J connectivity index is 1.78. The van der Waals surface area contributed by atoms with Gasteiger partial charge in [-0.15, -0.1) is 0 Å². The van der Waals surface area contributed by atoms with Crippen LogP contribution in [0.5, 0.6) is 0 Å². The molecule has 0 bridgehead atoms. The zero-order chi connectivity index (χ0) is 20.4. The molecule has 3 nitrogen and oxygen atoms in total. The number of hydrogen-bond donors (Lipinski definition) is 0. The molecule has 1 amide bonds. The van der Waals surface area contributed by atoms with Gasteiger partial charge in [-0.1, -0.05) is 47.5 Å². The van der Waals surface area contributed by atoms with Gasteiger partial charge in [0.05, 0.1) is 6.61 Å². The topological polar surface area (TPSA) is 29.5 Å². The maximum Gasteiger partial charge on any atom is 0.264 e. The molecule has 6 heteroatoms. The lowest BCUT2D eigenvalue weighted by Gasteiger charge is -2.42. The van der Waals surface area contributed by atoms with Crippen LogP contribution in [0.1, 0.15) is 11.1 Å². The normalized spacial score (nSPS) is 19.4. The molecule has 3 aromatic rings. The summed E-state index contributed by atoms with van der Waals surface area (Å²) < 4.78 is 19.5. The molecule has 4 rings (SSSR count). The van der Waals surface area contributed by atoms with Gasteiger partial charge in [0.2, 0.25) is 0 Å². The highest BCUT2D eigenvalue weighted by atomic mass is 35.5. The summed E-state index contributed by atoms with van der Waals surface area (Å²) in [5.74, 6) is -0.509. The van der Waals surface area contributed by atoms with E-state index in [0.717, 1.165) is 11.3 Å². The van der Waals surface area contributed by atoms with Crippen molar-refractivity contribution < 1.29 is 13.9 Å². The fraction of sp³-hybridized carbons (Fsp3) is 0.174. The van der Waals surface area contributed by atoms with E-state index in [0.29, 0.717) is 28.8 Å². The first-order chi connectivity index (χ1) is 14.0. The molecule has 1 aliphatic rings. The van der Waals surface area contributed by atoms with Crippen molar-refractivity contribution in [1.82, 2.24) is 0 Å². The Labute approximate surface area is 178 Å². The van der Waals surface area contributed by atoms with Gasteiger partial charge >= 0.3 is 0 Å². The summed E-state index contributed by atoms with van der Waals surface area (Å²) in [6.07, 6.45) is 0.276. The molecule has 0 radical (unpaired) electrons. The average molecular weight is 430 g/mol. The lowest BCUT2D eigenvalue weighted by molar-refractivity contribution is -0.152. The number of hydrogen-bond acceptors (Lipinski definition) is 2. The van der Waals surface area contributed by atoms with Gasteiger partial charge in [-0.05, 0) is 59.7 Å². The van der Waals surface area contributed by atoms with Crippen molar-refractivity contribution in [3.05, 3.63) is 99.8 Å². The van der Waals surface area contributed by atoms with E-state index < -0.39 is 5.60 Å². The summed E-state index contributed by atoms with van der Waals surface area (Å²) in [5.41, 5.74) is 1.02. The average Bonchev–Trinajstić information content (AvgIpc) is 2.73. The molecular weight excluding hydrogens is 412 g/mol. The van der Waals surface area contributed by atoms with Crippen molar-refractivity contribution in [1.29, 1.82) is 0 Å². The zero-order valence-corrected chi connectivity index (χ0v) is 17.0. The fourth-order valence-corrected chi connectivity index (χ4v) is 3.86. The van der Waals surface area contributed by atoms with Crippen molar-refractivity contribution >= 4 is 34.8 Å². The molecule has 1 aliphatic heterocycles. The van der Waals surface area contributed by atoms with Gasteiger partial charge in [-0.25, -0.2) is 4.39 Å². The number of rotatable bonds is 4. The molecule has 1 atom stereocenters. The van der Waals surface area contributed by atoms with Crippen LogP contribution < -0.4 is 4.90 Å². The Kier molecular flexibility index (Phi) is 5.59. The molecule has 0 aliphatic carbocycles. The lowest BCUT2D eigenvalue weighted by atomic mass is 9.84. The van der Waals surface area contributed by atoms with Gasteiger partial charge in [0.15, 0.2) is 5.60 Å². The van der Waals surface area contributed by atoms with Crippen molar-refractivity contribution in [2.45, 2.75) is 12.0 Å². The minimum atomic E-state index is -1.24. The largest absolute Gasteiger partial charge is 0.358 e.